The molecule has 2 rings (SSSR count). The van der Waals surface area contributed by atoms with Crippen molar-refractivity contribution in [2.45, 2.75) is 45.3 Å². The fourth-order valence-electron chi connectivity index (χ4n) is 2.32. The molecule has 0 amide bonds. The first-order chi connectivity index (χ1) is 8.89. The van der Waals surface area contributed by atoms with Crippen molar-refractivity contribution in [2.75, 3.05) is 12.3 Å². The van der Waals surface area contributed by atoms with Gasteiger partial charge >= 0.3 is 5.97 Å². The molecule has 104 valence electrons. The van der Waals surface area contributed by atoms with Crippen molar-refractivity contribution in [3.05, 3.63) is 29.3 Å². The number of esters is 1. The van der Waals surface area contributed by atoms with Crippen molar-refractivity contribution in [3.8, 4) is 0 Å². The molecular weight excluding hydrogens is 242 g/mol. The number of carbonyl (C=O) groups excluding carboxylic acids is 1. The molecule has 1 heterocycles. The Morgan fingerprint density at radius 1 is 1.53 bits per heavy atom. The molecular formula is C15H21NO3. The van der Waals surface area contributed by atoms with E-state index in [4.69, 9.17) is 15.2 Å². The van der Waals surface area contributed by atoms with Gasteiger partial charge in [-0.1, -0.05) is 6.07 Å². The second-order valence-electron chi connectivity index (χ2n) is 5.66. The molecule has 1 unspecified atom stereocenters. The van der Waals surface area contributed by atoms with Gasteiger partial charge in [-0.15, -0.1) is 0 Å². The number of carbonyl (C=O) groups is 1. The molecule has 0 spiro atoms. The normalized spacial score (nSPS) is 21.3. The summed E-state index contributed by atoms with van der Waals surface area (Å²) in [5, 5.41) is 0. The van der Waals surface area contributed by atoms with Crippen LogP contribution in [0.3, 0.4) is 0 Å². The molecule has 0 bridgehead atoms. The average molecular weight is 263 g/mol. The van der Waals surface area contributed by atoms with Crippen LogP contribution in [0.5, 0.6) is 0 Å². The van der Waals surface area contributed by atoms with Gasteiger partial charge in [0.2, 0.25) is 0 Å². The van der Waals surface area contributed by atoms with E-state index in [-0.39, 0.29) is 17.7 Å². The summed E-state index contributed by atoms with van der Waals surface area (Å²) >= 11 is 0. The number of hydrogen-bond acceptors (Lipinski definition) is 4. The van der Waals surface area contributed by atoms with E-state index in [1.165, 1.54) is 0 Å². The van der Waals surface area contributed by atoms with Gasteiger partial charge in [0, 0.05) is 5.69 Å². The Balaban J connectivity index is 1.93. The van der Waals surface area contributed by atoms with Gasteiger partial charge in [0.25, 0.3) is 0 Å². The number of nitrogen functional groups attached to an aromatic ring is 1. The first-order valence-corrected chi connectivity index (χ1v) is 6.59. The molecule has 1 aromatic rings. The summed E-state index contributed by atoms with van der Waals surface area (Å²) in [6, 6.07) is 5.26. The van der Waals surface area contributed by atoms with E-state index in [9.17, 15) is 4.79 Å². The van der Waals surface area contributed by atoms with Crippen molar-refractivity contribution in [1.82, 2.24) is 0 Å². The van der Waals surface area contributed by atoms with Crippen LogP contribution in [0.25, 0.3) is 0 Å². The second kappa shape index (κ2) is 5.21. The quantitative estimate of drug-likeness (QED) is 0.672. The van der Waals surface area contributed by atoms with E-state index >= 15 is 0 Å². The lowest BCUT2D eigenvalue weighted by atomic mass is 10.1. The number of benzene rings is 1. The summed E-state index contributed by atoms with van der Waals surface area (Å²) in [5.74, 6) is -0.335. The standard InChI is InChI=1S/C15H21NO3/c1-10-12(5-4-6-13(10)16)14(17)18-9-11-7-8-15(2,3)19-11/h4-6,11H,7-9,16H2,1-3H3. The number of anilines is 1. The molecule has 0 aliphatic carbocycles. The lowest BCUT2D eigenvalue weighted by Gasteiger charge is -2.19. The fraction of sp³-hybridized carbons (Fsp3) is 0.533. The maximum Gasteiger partial charge on any atom is 0.338 e. The van der Waals surface area contributed by atoms with Crippen LogP contribution in [0.4, 0.5) is 5.69 Å². The zero-order valence-electron chi connectivity index (χ0n) is 11.7. The van der Waals surface area contributed by atoms with Crippen LogP contribution in [0, 0.1) is 6.92 Å². The number of hydrogen-bond donors (Lipinski definition) is 1. The molecule has 0 saturated carbocycles. The summed E-state index contributed by atoms with van der Waals surface area (Å²) in [5.41, 5.74) is 7.57. The minimum atomic E-state index is -0.335. The van der Waals surface area contributed by atoms with Gasteiger partial charge in [-0.05, 0) is 51.3 Å². The Morgan fingerprint density at radius 3 is 2.89 bits per heavy atom. The van der Waals surface area contributed by atoms with Crippen molar-refractivity contribution >= 4 is 11.7 Å². The average Bonchev–Trinajstić information content (AvgIpc) is 2.69. The Bertz CT molecular complexity index is 482. The number of rotatable bonds is 3. The minimum absolute atomic E-state index is 0.000292. The second-order valence-corrected chi connectivity index (χ2v) is 5.66. The molecule has 1 saturated heterocycles. The molecule has 1 aromatic carbocycles. The molecule has 19 heavy (non-hydrogen) atoms. The van der Waals surface area contributed by atoms with Crippen molar-refractivity contribution < 1.29 is 14.3 Å². The smallest absolute Gasteiger partial charge is 0.338 e. The predicted molar refractivity (Wildman–Crippen MR) is 74.1 cm³/mol. The van der Waals surface area contributed by atoms with Gasteiger partial charge in [0.1, 0.15) is 6.61 Å². The highest BCUT2D eigenvalue weighted by atomic mass is 16.6. The fourth-order valence-corrected chi connectivity index (χ4v) is 2.32. The van der Waals surface area contributed by atoms with E-state index < -0.39 is 0 Å². The summed E-state index contributed by atoms with van der Waals surface area (Å²) < 4.78 is 11.1. The Kier molecular flexibility index (Phi) is 3.80. The minimum Gasteiger partial charge on any atom is -0.459 e. The largest absolute Gasteiger partial charge is 0.459 e. The van der Waals surface area contributed by atoms with E-state index in [2.05, 4.69) is 13.8 Å². The molecule has 0 aromatic heterocycles. The SMILES string of the molecule is Cc1c(N)cccc1C(=O)OCC1CCC(C)(C)O1. The topological polar surface area (TPSA) is 61.6 Å². The monoisotopic (exact) mass is 263 g/mol. The van der Waals surface area contributed by atoms with Crippen LogP contribution < -0.4 is 5.73 Å². The van der Waals surface area contributed by atoms with Crippen LogP contribution in [-0.4, -0.2) is 24.3 Å². The molecule has 4 heteroatoms. The third-order valence-electron chi connectivity index (χ3n) is 3.55. The first-order valence-electron chi connectivity index (χ1n) is 6.59. The van der Waals surface area contributed by atoms with Gasteiger partial charge in [-0.25, -0.2) is 4.79 Å². The molecule has 4 nitrogen and oxygen atoms in total. The van der Waals surface area contributed by atoms with Crippen molar-refractivity contribution in [3.63, 3.8) is 0 Å². The predicted octanol–water partition coefficient (Wildman–Crippen LogP) is 2.69. The third kappa shape index (κ3) is 3.26. The van der Waals surface area contributed by atoms with Gasteiger partial charge in [0.05, 0.1) is 17.3 Å². The Hall–Kier alpha value is -1.55. The van der Waals surface area contributed by atoms with Crippen LogP contribution in [0.15, 0.2) is 18.2 Å². The lowest BCUT2D eigenvalue weighted by molar-refractivity contribution is -0.0445. The van der Waals surface area contributed by atoms with Gasteiger partial charge < -0.3 is 15.2 Å². The van der Waals surface area contributed by atoms with Crippen molar-refractivity contribution in [1.29, 1.82) is 0 Å². The molecule has 1 atom stereocenters. The van der Waals surface area contributed by atoms with Crippen LogP contribution in [-0.2, 0) is 9.47 Å². The Labute approximate surface area is 113 Å². The van der Waals surface area contributed by atoms with Gasteiger partial charge in [-0.2, -0.15) is 0 Å². The zero-order chi connectivity index (χ0) is 14.0. The van der Waals surface area contributed by atoms with E-state index in [1.807, 2.05) is 6.92 Å². The molecule has 1 aliphatic heterocycles. The summed E-state index contributed by atoms with van der Waals surface area (Å²) in [7, 11) is 0. The van der Waals surface area contributed by atoms with E-state index in [0.717, 1.165) is 18.4 Å². The van der Waals surface area contributed by atoms with E-state index in [1.54, 1.807) is 18.2 Å². The van der Waals surface area contributed by atoms with Gasteiger partial charge in [0.15, 0.2) is 0 Å². The van der Waals surface area contributed by atoms with Gasteiger partial charge in [-0.3, -0.25) is 0 Å². The first kappa shape index (κ1) is 13.9. The number of nitrogens with two attached hydrogens (primary N) is 1. The highest BCUT2D eigenvalue weighted by molar-refractivity contribution is 5.92. The molecule has 0 radical (unpaired) electrons. The highest BCUT2D eigenvalue weighted by Gasteiger charge is 2.32. The molecule has 1 aliphatic rings. The maximum atomic E-state index is 12.0. The third-order valence-corrected chi connectivity index (χ3v) is 3.55. The highest BCUT2D eigenvalue weighted by Crippen LogP contribution is 2.29. The lowest BCUT2D eigenvalue weighted by Crippen LogP contribution is -2.24. The molecule has 2 N–H and O–H groups in total. The summed E-state index contributed by atoms with van der Waals surface area (Å²) in [6.45, 7) is 6.23. The molecule has 1 fully saturated rings. The van der Waals surface area contributed by atoms with Crippen LogP contribution in [0.1, 0.15) is 42.6 Å². The van der Waals surface area contributed by atoms with E-state index in [0.29, 0.717) is 17.9 Å². The van der Waals surface area contributed by atoms with Crippen LogP contribution in [0.2, 0.25) is 0 Å². The van der Waals surface area contributed by atoms with Crippen molar-refractivity contribution in [2.24, 2.45) is 0 Å². The summed E-state index contributed by atoms with van der Waals surface area (Å²) in [4.78, 5) is 12.0. The number of ether oxygens (including phenoxy) is 2. The van der Waals surface area contributed by atoms with Crippen LogP contribution >= 0.6 is 0 Å². The Morgan fingerprint density at radius 2 is 2.26 bits per heavy atom. The zero-order valence-corrected chi connectivity index (χ0v) is 11.7. The maximum absolute atomic E-state index is 12.0. The summed E-state index contributed by atoms with van der Waals surface area (Å²) in [6.07, 6.45) is 1.92.